The van der Waals surface area contributed by atoms with Crippen molar-refractivity contribution in [3.05, 3.63) is 36.0 Å². The summed E-state index contributed by atoms with van der Waals surface area (Å²) in [5.41, 5.74) is 0.550. The van der Waals surface area contributed by atoms with E-state index in [2.05, 4.69) is 15.5 Å². The molecule has 0 aliphatic carbocycles. The first-order valence-corrected chi connectivity index (χ1v) is 7.16. The van der Waals surface area contributed by atoms with Gasteiger partial charge in [0.15, 0.2) is 0 Å². The van der Waals surface area contributed by atoms with E-state index in [0.29, 0.717) is 16.8 Å². The van der Waals surface area contributed by atoms with E-state index in [-0.39, 0.29) is 17.5 Å². The standard InChI is InChI=1S/C13H14FN3O2S/c1-2-3-12-16-17-13(19-12)20-8-11(18)15-10-6-4-9(14)5-7-10/h4-7H,2-3,8H2,1H3,(H,15,18). The van der Waals surface area contributed by atoms with Gasteiger partial charge >= 0.3 is 0 Å². The molecule has 0 aliphatic heterocycles. The van der Waals surface area contributed by atoms with Gasteiger partial charge in [-0.2, -0.15) is 0 Å². The van der Waals surface area contributed by atoms with Gasteiger partial charge in [0, 0.05) is 12.1 Å². The van der Waals surface area contributed by atoms with Crippen LogP contribution in [0.3, 0.4) is 0 Å². The third kappa shape index (κ3) is 4.34. The zero-order valence-corrected chi connectivity index (χ0v) is 11.7. The molecule has 0 saturated carbocycles. The fourth-order valence-electron chi connectivity index (χ4n) is 1.47. The van der Waals surface area contributed by atoms with Crippen LogP contribution in [-0.4, -0.2) is 21.9 Å². The summed E-state index contributed by atoms with van der Waals surface area (Å²) in [5.74, 6) is 0.183. The average molecular weight is 295 g/mol. The molecule has 1 amide bonds. The maximum absolute atomic E-state index is 12.7. The molecular formula is C13H14FN3O2S. The molecule has 7 heteroatoms. The summed E-state index contributed by atoms with van der Waals surface area (Å²) >= 11 is 1.17. The minimum Gasteiger partial charge on any atom is -0.416 e. The zero-order valence-electron chi connectivity index (χ0n) is 10.9. The van der Waals surface area contributed by atoms with Crippen molar-refractivity contribution in [2.24, 2.45) is 0 Å². The van der Waals surface area contributed by atoms with Gasteiger partial charge in [-0.3, -0.25) is 4.79 Å². The van der Waals surface area contributed by atoms with Gasteiger partial charge in [-0.15, -0.1) is 10.2 Å². The van der Waals surface area contributed by atoms with Crippen LogP contribution in [0, 0.1) is 5.82 Å². The van der Waals surface area contributed by atoms with E-state index in [1.165, 1.54) is 36.0 Å². The van der Waals surface area contributed by atoms with Gasteiger partial charge in [-0.1, -0.05) is 18.7 Å². The van der Waals surface area contributed by atoms with Crippen LogP contribution in [0.1, 0.15) is 19.2 Å². The molecule has 0 bridgehead atoms. The largest absolute Gasteiger partial charge is 0.416 e. The smallest absolute Gasteiger partial charge is 0.277 e. The molecule has 0 saturated heterocycles. The van der Waals surface area contributed by atoms with E-state index in [1.807, 2.05) is 6.92 Å². The van der Waals surface area contributed by atoms with Gasteiger partial charge < -0.3 is 9.73 Å². The van der Waals surface area contributed by atoms with Crippen LogP contribution in [0.5, 0.6) is 0 Å². The molecule has 0 radical (unpaired) electrons. The SMILES string of the molecule is CCCc1nnc(SCC(=O)Nc2ccc(F)cc2)o1. The second kappa shape index (κ2) is 7.04. The first-order chi connectivity index (χ1) is 9.67. The zero-order chi connectivity index (χ0) is 14.4. The summed E-state index contributed by atoms with van der Waals surface area (Å²) in [6.07, 6.45) is 1.66. The lowest BCUT2D eigenvalue weighted by molar-refractivity contribution is -0.113. The number of hydrogen-bond donors (Lipinski definition) is 1. The highest BCUT2D eigenvalue weighted by molar-refractivity contribution is 7.99. The highest BCUT2D eigenvalue weighted by Crippen LogP contribution is 2.17. The fraction of sp³-hybridized carbons (Fsp3) is 0.308. The number of hydrogen-bond acceptors (Lipinski definition) is 5. The second-order valence-corrected chi connectivity index (χ2v) is 4.98. The van der Waals surface area contributed by atoms with Crippen LogP contribution in [0.2, 0.25) is 0 Å². The van der Waals surface area contributed by atoms with Crippen LogP contribution < -0.4 is 5.32 Å². The molecule has 0 spiro atoms. The topological polar surface area (TPSA) is 68.0 Å². The van der Waals surface area contributed by atoms with Crippen molar-refractivity contribution in [3.63, 3.8) is 0 Å². The number of rotatable bonds is 6. The summed E-state index contributed by atoms with van der Waals surface area (Å²) in [5, 5.41) is 10.7. The number of aromatic nitrogens is 2. The molecule has 1 aromatic heterocycles. The maximum atomic E-state index is 12.7. The summed E-state index contributed by atoms with van der Waals surface area (Å²) in [6, 6.07) is 5.59. The Balaban J connectivity index is 1.80. The normalized spacial score (nSPS) is 10.5. The lowest BCUT2D eigenvalue weighted by Gasteiger charge is -2.03. The average Bonchev–Trinajstić information content (AvgIpc) is 2.87. The number of carbonyl (C=O) groups is 1. The minimum absolute atomic E-state index is 0.158. The first-order valence-electron chi connectivity index (χ1n) is 6.18. The van der Waals surface area contributed by atoms with Crippen LogP contribution in [-0.2, 0) is 11.2 Å². The van der Waals surface area contributed by atoms with Crippen molar-refractivity contribution >= 4 is 23.4 Å². The molecule has 2 aromatic rings. The number of thioether (sulfide) groups is 1. The first kappa shape index (κ1) is 14.5. The third-order valence-electron chi connectivity index (χ3n) is 2.37. The number of benzene rings is 1. The minimum atomic E-state index is -0.341. The highest BCUT2D eigenvalue weighted by atomic mass is 32.2. The van der Waals surface area contributed by atoms with Crippen LogP contribution in [0.15, 0.2) is 33.9 Å². The van der Waals surface area contributed by atoms with Crippen molar-refractivity contribution in [3.8, 4) is 0 Å². The summed E-state index contributed by atoms with van der Waals surface area (Å²) in [7, 11) is 0. The molecule has 2 rings (SSSR count). The Kier molecular flexibility index (Phi) is 5.11. The molecule has 20 heavy (non-hydrogen) atoms. The van der Waals surface area contributed by atoms with Crippen molar-refractivity contribution in [1.82, 2.24) is 10.2 Å². The summed E-state index contributed by atoms with van der Waals surface area (Å²) < 4.78 is 18.1. The quantitative estimate of drug-likeness (QED) is 0.830. The van der Waals surface area contributed by atoms with Gasteiger partial charge in [0.2, 0.25) is 11.8 Å². The number of carbonyl (C=O) groups excluding carboxylic acids is 1. The Morgan fingerprint density at radius 1 is 1.35 bits per heavy atom. The van der Waals surface area contributed by atoms with Gasteiger partial charge in [0.1, 0.15) is 5.82 Å². The van der Waals surface area contributed by atoms with E-state index >= 15 is 0 Å². The van der Waals surface area contributed by atoms with Crippen LogP contribution >= 0.6 is 11.8 Å². The Morgan fingerprint density at radius 3 is 2.80 bits per heavy atom. The van der Waals surface area contributed by atoms with Crippen molar-refractivity contribution < 1.29 is 13.6 Å². The molecule has 0 atom stereocenters. The van der Waals surface area contributed by atoms with E-state index in [0.717, 1.165) is 12.8 Å². The number of nitrogens with one attached hydrogen (secondary N) is 1. The van der Waals surface area contributed by atoms with Gasteiger partial charge in [-0.25, -0.2) is 4.39 Å². The summed E-state index contributed by atoms with van der Waals surface area (Å²) in [6.45, 7) is 2.02. The number of anilines is 1. The van der Waals surface area contributed by atoms with Crippen molar-refractivity contribution in [2.45, 2.75) is 25.0 Å². The molecule has 0 unspecified atom stereocenters. The number of nitrogens with zero attached hydrogens (tertiary/aromatic N) is 2. The van der Waals surface area contributed by atoms with E-state index < -0.39 is 0 Å². The molecule has 106 valence electrons. The van der Waals surface area contributed by atoms with Gasteiger partial charge in [-0.05, 0) is 30.7 Å². The Hall–Kier alpha value is -1.89. The fourth-order valence-corrected chi connectivity index (χ4v) is 2.05. The molecule has 0 fully saturated rings. The van der Waals surface area contributed by atoms with Crippen molar-refractivity contribution in [1.29, 1.82) is 0 Å². The second-order valence-electron chi connectivity index (χ2n) is 4.06. The van der Waals surface area contributed by atoms with Crippen molar-refractivity contribution in [2.75, 3.05) is 11.1 Å². The third-order valence-corrected chi connectivity index (χ3v) is 3.19. The lowest BCUT2D eigenvalue weighted by Crippen LogP contribution is -2.13. The molecule has 1 heterocycles. The van der Waals surface area contributed by atoms with Gasteiger partial charge in [0.25, 0.3) is 5.22 Å². The number of aryl methyl sites for hydroxylation is 1. The highest BCUT2D eigenvalue weighted by Gasteiger charge is 2.09. The molecule has 1 N–H and O–H groups in total. The summed E-state index contributed by atoms with van der Waals surface area (Å²) in [4.78, 5) is 11.7. The molecule has 1 aromatic carbocycles. The predicted octanol–water partition coefficient (Wildman–Crippen LogP) is 2.89. The number of amides is 1. The van der Waals surface area contributed by atoms with E-state index in [4.69, 9.17) is 4.42 Å². The molecular weight excluding hydrogens is 281 g/mol. The Labute approximate surface area is 120 Å². The predicted molar refractivity (Wildman–Crippen MR) is 74.0 cm³/mol. The van der Waals surface area contributed by atoms with E-state index in [9.17, 15) is 9.18 Å². The van der Waals surface area contributed by atoms with Gasteiger partial charge in [0.05, 0.1) is 5.75 Å². The monoisotopic (exact) mass is 295 g/mol. The molecule has 0 aliphatic rings. The number of halogens is 1. The molecule has 5 nitrogen and oxygen atoms in total. The van der Waals surface area contributed by atoms with Crippen LogP contribution in [0.25, 0.3) is 0 Å². The maximum Gasteiger partial charge on any atom is 0.277 e. The van der Waals surface area contributed by atoms with Crippen LogP contribution in [0.4, 0.5) is 10.1 Å². The Bertz CT molecular complexity index is 571. The Morgan fingerprint density at radius 2 is 2.10 bits per heavy atom. The van der Waals surface area contributed by atoms with E-state index in [1.54, 1.807) is 0 Å². The lowest BCUT2D eigenvalue weighted by atomic mass is 10.3.